The topological polar surface area (TPSA) is 83.0 Å². The molecule has 136 valence electrons. The van der Waals surface area contributed by atoms with Crippen molar-refractivity contribution >= 4 is 29.1 Å². The van der Waals surface area contributed by atoms with Crippen LogP contribution in [0, 0.1) is 0 Å². The first-order chi connectivity index (χ1) is 12.0. The van der Waals surface area contributed by atoms with Gasteiger partial charge in [-0.25, -0.2) is 0 Å². The quantitative estimate of drug-likeness (QED) is 0.655. The summed E-state index contributed by atoms with van der Waals surface area (Å²) >= 11 is 0. The van der Waals surface area contributed by atoms with Gasteiger partial charge in [0.05, 0.1) is 6.54 Å². The minimum Gasteiger partial charge on any atom is -0.338 e. The fourth-order valence-corrected chi connectivity index (χ4v) is 2.88. The zero-order valence-corrected chi connectivity index (χ0v) is 14.9. The van der Waals surface area contributed by atoms with Crippen molar-refractivity contribution in [1.29, 1.82) is 0 Å². The summed E-state index contributed by atoms with van der Waals surface area (Å²) in [7, 11) is 0. The Hall–Kier alpha value is -2.41. The lowest BCUT2D eigenvalue weighted by molar-refractivity contribution is -0.882. The van der Waals surface area contributed by atoms with Gasteiger partial charge in [-0.05, 0) is 44.0 Å². The summed E-state index contributed by atoms with van der Waals surface area (Å²) < 4.78 is 0. The Morgan fingerprint density at radius 2 is 1.56 bits per heavy atom. The Morgan fingerprint density at radius 1 is 1.00 bits per heavy atom. The highest BCUT2D eigenvalue weighted by Gasteiger charge is 2.23. The molecule has 0 aromatic heterocycles. The van der Waals surface area contributed by atoms with Crippen molar-refractivity contribution in [3.63, 3.8) is 0 Å². The van der Waals surface area contributed by atoms with Crippen LogP contribution in [0.3, 0.4) is 0 Å². The highest BCUT2D eigenvalue weighted by molar-refractivity contribution is 5.92. The summed E-state index contributed by atoms with van der Waals surface area (Å²) in [6.45, 7) is 6.41. The van der Waals surface area contributed by atoms with Gasteiger partial charge in [0.1, 0.15) is 0 Å². The standard InChI is InChI=1S/C18H26N4O3/c1-3-21(13-18(25)22-10-4-5-11-22)12-17(24)20-16-8-6-15(7-9-16)19-14(2)23/h6-9H,3-5,10-13H2,1-2H3,(H,19,23)(H,20,24)/p+1. The van der Waals surface area contributed by atoms with E-state index in [1.807, 2.05) is 11.8 Å². The molecule has 3 N–H and O–H groups in total. The second-order valence-electron chi connectivity index (χ2n) is 6.35. The molecule has 1 saturated heterocycles. The van der Waals surface area contributed by atoms with Gasteiger partial charge >= 0.3 is 0 Å². The molecule has 0 saturated carbocycles. The average Bonchev–Trinajstić information content (AvgIpc) is 3.10. The number of hydrogen-bond donors (Lipinski definition) is 3. The average molecular weight is 347 g/mol. The number of nitrogens with one attached hydrogen (secondary N) is 3. The summed E-state index contributed by atoms with van der Waals surface area (Å²) in [4.78, 5) is 38.3. The van der Waals surface area contributed by atoms with Crippen molar-refractivity contribution in [2.75, 3.05) is 43.4 Å². The summed E-state index contributed by atoms with van der Waals surface area (Å²) in [5, 5.41) is 5.51. The minimum absolute atomic E-state index is 0.127. The summed E-state index contributed by atoms with van der Waals surface area (Å²) in [5.41, 5.74) is 1.35. The Kier molecular flexibility index (Phi) is 6.94. The first-order valence-electron chi connectivity index (χ1n) is 8.76. The van der Waals surface area contributed by atoms with Crippen LogP contribution < -0.4 is 15.5 Å². The second kappa shape index (κ2) is 9.17. The number of likely N-dealkylation sites (tertiary alicyclic amines) is 1. The molecule has 1 aliphatic heterocycles. The number of rotatable bonds is 7. The highest BCUT2D eigenvalue weighted by atomic mass is 16.2. The predicted molar refractivity (Wildman–Crippen MR) is 96.4 cm³/mol. The van der Waals surface area contributed by atoms with E-state index in [1.54, 1.807) is 24.3 Å². The highest BCUT2D eigenvalue weighted by Crippen LogP contribution is 2.13. The molecule has 0 spiro atoms. The third-order valence-corrected chi connectivity index (χ3v) is 4.26. The zero-order valence-electron chi connectivity index (χ0n) is 14.9. The molecule has 1 fully saturated rings. The Labute approximate surface area is 148 Å². The number of carbonyl (C=O) groups excluding carboxylic acids is 3. The van der Waals surface area contributed by atoms with E-state index in [4.69, 9.17) is 0 Å². The zero-order chi connectivity index (χ0) is 18.2. The van der Waals surface area contributed by atoms with Crippen molar-refractivity contribution in [1.82, 2.24) is 4.90 Å². The lowest BCUT2D eigenvalue weighted by atomic mass is 10.2. The van der Waals surface area contributed by atoms with Crippen molar-refractivity contribution in [3.05, 3.63) is 24.3 Å². The number of carbonyl (C=O) groups is 3. The number of benzene rings is 1. The van der Waals surface area contributed by atoms with Crippen LogP contribution in [-0.2, 0) is 14.4 Å². The lowest BCUT2D eigenvalue weighted by Crippen LogP contribution is -3.13. The minimum atomic E-state index is -0.137. The van der Waals surface area contributed by atoms with Crippen molar-refractivity contribution < 1.29 is 19.3 Å². The molecule has 1 heterocycles. The fraction of sp³-hybridized carbons (Fsp3) is 0.500. The van der Waals surface area contributed by atoms with E-state index >= 15 is 0 Å². The molecule has 2 rings (SSSR count). The van der Waals surface area contributed by atoms with E-state index < -0.39 is 0 Å². The van der Waals surface area contributed by atoms with Gasteiger partial charge in [0.15, 0.2) is 13.1 Å². The van der Waals surface area contributed by atoms with Gasteiger partial charge in [-0.1, -0.05) is 0 Å². The van der Waals surface area contributed by atoms with Gasteiger partial charge in [-0.15, -0.1) is 0 Å². The second-order valence-corrected chi connectivity index (χ2v) is 6.35. The SMILES string of the molecule is CC[NH+](CC(=O)Nc1ccc(NC(C)=O)cc1)CC(=O)N1CCCC1. The van der Waals surface area contributed by atoms with Crippen LogP contribution in [-0.4, -0.2) is 55.3 Å². The molecule has 0 radical (unpaired) electrons. The van der Waals surface area contributed by atoms with Crippen LogP contribution in [0.2, 0.25) is 0 Å². The largest absolute Gasteiger partial charge is 0.338 e. The van der Waals surface area contributed by atoms with E-state index in [9.17, 15) is 14.4 Å². The van der Waals surface area contributed by atoms with E-state index in [1.165, 1.54) is 6.92 Å². The van der Waals surface area contributed by atoms with Gasteiger partial charge in [-0.3, -0.25) is 14.4 Å². The molecule has 1 aromatic carbocycles. The van der Waals surface area contributed by atoms with Gasteiger partial charge < -0.3 is 20.4 Å². The summed E-state index contributed by atoms with van der Waals surface area (Å²) in [6.07, 6.45) is 2.14. The van der Waals surface area contributed by atoms with Crippen LogP contribution in [0.25, 0.3) is 0 Å². The third kappa shape index (κ3) is 6.19. The van der Waals surface area contributed by atoms with Gasteiger partial charge in [-0.2, -0.15) is 0 Å². The molecule has 25 heavy (non-hydrogen) atoms. The van der Waals surface area contributed by atoms with E-state index in [-0.39, 0.29) is 24.3 Å². The van der Waals surface area contributed by atoms with Crippen molar-refractivity contribution in [2.45, 2.75) is 26.7 Å². The van der Waals surface area contributed by atoms with E-state index in [2.05, 4.69) is 10.6 Å². The maximum absolute atomic E-state index is 12.2. The van der Waals surface area contributed by atoms with Gasteiger partial charge in [0.25, 0.3) is 11.8 Å². The van der Waals surface area contributed by atoms with Crippen molar-refractivity contribution in [2.24, 2.45) is 0 Å². The number of amides is 3. The number of nitrogens with zero attached hydrogens (tertiary/aromatic N) is 1. The molecule has 7 nitrogen and oxygen atoms in total. The lowest BCUT2D eigenvalue weighted by Gasteiger charge is -2.20. The third-order valence-electron chi connectivity index (χ3n) is 4.26. The molecule has 1 unspecified atom stereocenters. The molecular formula is C18H27N4O3+. The van der Waals surface area contributed by atoms with Crippen LogP contribution >= 0.6 is 0 Å². The number of hydrogen-bond acceptors (Lipinski definition) is 3. The number of anilines is 2. The normalized spacial score (nSPS) is 14.9. The van der Waals surface area contributed by atoms with Crippen LogP contribution in [0.5, 0.6) is 0 Å². The first-order valence-corrected chi connectivity index (χ1v) is 8.76. The monoisotopic (exact) mass is 347 g/mol. The van der Waals surface area contributed by atoms with Gasteiger partial charge in [0.2, 0.25) is 5.91 Å². The predicted octanol–water partition coefficient (Wildman–Crippen LogP) is 0.111. The molecule has 3 amide bonds. The number of quaternary nitrogens is 1. The first kappa shape index (κ1) is 18.9. The molecule has 1 atom stereocenters. The smallest absolute Gasteiger partial charge is 0.279 e. The fourth-order valence-electron chi connectivity index (χ4n) is 2.88. The van der Waals surface area contributed by atoms with Crippen LogP contribution in [0.4, 0.5) is 11.4 Å². The maximum Gasteiger partial charge on any atom is 0.279 e. The Balaban J connectivity index is 1.82. The number of likely N-dealkylation sites (N-methyl/N-ethyl adjacent to an activating group) is 1. The Bertz CT molecular complexity index is 609. The summed E-state index contributed by atoms with van der Waals surface area (Å²) in [6, 6.07) is 6.95. The molecule has 0 bridgehead atoms. The summed E-state index contributed by atoms with van der Waals surface area (Å²) in [5.74, 6) is -0.137. The Morgan fingerprint density at radius 3 is 2.08 bits per heavy atom. The maximum atomic E-state index is 12.2. The van der Waals surface area contributed by atoms with Crippen LogP contribution in [0.15, 0.2) is 24.3 Å². The van der Waals surface area contributed by atoms with E-state index in [0.29, 0.717) is 24.5 Å². The molecule has 7 heteroatoms. The van der Waals surface area contributed by atoms with Crippen LogP contribution in [0.1, 0.15) is 26.7 Å². The molecule has 1 aromatic rings. The molecule has 1 aliphatic rings. The van der Waals surface area contributed by atoms with Gasteiger partial charge in [0, 0.05) is 31.4 Å². The van der Waals surface area contributed by atoms with Crippen molar-refractivity contribution in [3.8, 4) is 0 Å². The van der Waals surface area contributed by atoms with E-state index in [0.717, 1.165) is 30.8 Å². The molecular weight excluding hydrogens is 320 g/mol. The molecule has 0 aliphatic carbocycles.